The fourth-order valence-electron chi connectivity index (χ4n) is 2.44. The predicted octanol–water partition coefficient (Wildman–Crippen LogP) is 3.79. The summed E-state index contributed by atoms with van der Waals surface area (Å²) in [5, 5.41) is 14.2. The topological polar surface area (TPSA) is 72.2 Å². The van der Waals surface area contributed by atoms with Crippen LogP contribution >= 0.6 is 0 Å². The monoisotopic (exact) mass is 312 g/mol. The number of nitro groups is 1. The van der Waals surface area contributed by atoms with Crippen molar-refractivity contribution in [2.75, 3.05) is 0 Å². The van der Waals surface area contributed by atoms with Crippen molar-refractivity contribution in [3.05, 3.63) is 75.8 Å². The van der Waals surface area contributed by atoms with E-state index < -0.39 is 11.0 Å². The highest BCUT2D eigenvalue weighted by atomic mass is 16.6. The van der Waals surface area contributed by atoms with Crippen LogP contribution in [0.1, 0.15) is 36.9 Å². The van der Waals surface area contributed by atoms with Gasteiger partial charge in [0.25, 0.3) is 5.69 Å². The molecule has 5 heteroatoms. The Labute approximate surface area is 135 Å². The maximum atomic E-state index is 12.4. The van der Waals surface area contributed by atoms with Gasteiger partial charge in [-0.05, 0) is 17.5 Å². The molecular weight excluding hydrogens is 292 g/mol. The molecule has 2 aromatic rings. The molecule has 0 aliphatic rings. The minimum Gasteiger partial charge on any atom is -0.300 e. The predicted molar refractivity (Wildman–Crippen MR) is 89.0 cm³/mol. The average molecular weight is 312 g/mol. The normalized spacial score (nSPS) is 11.9. The highest BCUT2D eigenvalue weighted by molar-refractivity contribution is 5.85. The van der Waals surface area contributed by atoms with Gasteiger partial charge in [0, 0.05) is 25.1 Å². The van der Waals surface area contributed by atoms with Crippen molar-refractivity contribution >= 4 is 11.5 Å². The van der Waals surface area contributed by atoms with Crippen molar-refractivity contribution in [2.24, 2.45) is 0 Å². The second kappa shape index (κ2) is 8.19. The molecular formula is C18H20N2O3. The van der Waals surface area contributed by atoms with Gasteiger partial charge in [0.05, 0.1) is 11.0 Å². The number of nitrogens with zero attached hydrogens (tertiary/aromatic N) is 1. The first-order valence-corrected chi connectivity index (χ1v) is 7.66. The van der Waals surface area contributed by atoms with E-state index in [2.05, 4.69) is 5.32 Å². The number of nitro benzene ring substituents is 1. The molecule has 0 heterocycles. The summed E-state index contributed by atoms with van der Waals surface area (Å²) >= 11 is 0. The molecule has 23 heavy (non-hydrogen) atoms. The number of rotatable bonds is 8. The van der Waals surface area contributed by atoms with E-state index in [-0.39, 0.29) is 11.5 Å². The number of carbonyl (C=O) groups excluding carboxylic acids is 1. The Hall–Kier alpha value is -2.53. The zero-order valence-corrected chi connectivity index (χ0v) is 13.1. The molecule has 0 bridgehead atoms. The van der Waals surface area contributed by atoms with Gasteiger partial charge in [0.2, 0.25) is 0 Å². The summed E-state index contributed by atoms with van der Waals surface area (Å²) in [5.41, 5.74) is 1.69. The van der Waals surface area contributed by atoms with E-state index in [1.165, 1.54) is 12.1 Å². The Morgan fingerprint density at radius 1 is 1.17 bits per heavy atom. The third-order valence-corrected chi connectivity index (χ3v) is 3.59. The maximum absolute atomic E-state index is 12.4. The second-order valence-corrected chi connectivity index (χ2v) is 5.37. The van der Waals surface area contributed by atoms with Crippen LogP contribution < -0.4 is 5.32 Å². The van der Waals surface area contributed by atoms with Gasteiger partial charge >= 0.3 is 0 Å². The fraction of sp³-hybridized carbons (Fsp3) is 0.278. The van der Waals surface area contributed by atoms with Gasteiger partial charge in [0.1, 0.15) is 0 Å². The SMILES string of the molecule is CCCC(=O)C(NCc1ccccc1)c1cccc([N+](=O)[O-])c1. The lowest BCUT2D eigenvalue weighted by atomic mass is 9.99. The highest BCUT2D eigenvalue weighted by Crippen LogP contribution is 2.22. The molecule has 0 aliphatic carbocycles. The molecule has 0 aliphatic heterocycles. The molecule has 0 saturated heterocycles. The van der Waals surface area contributed by atoms with Gasteiger partial charge < -0.3 is 0 Å². The number of non-ortho nitro benzene ring substituents is 1. The molecule has 1 atom stereocenters. The summed E-state index contributed by atoms with van der Waals surface area (Å²) in [4.78, 5) is 22.9. The smallest absolute Gasteiger partial charge is 0.269 e. The quantitative estimate of drug-likeness (QED) is 0.594. The number of nitrogens with one attached hydrogen (secondary N) is 1. The van der Waals surface area contributed by atoms with Crippen molar-refractivity contribution in [2.45, 2.75) is 32.4 Å². The number of hydrogen-bond donors (Lipinski definition) is 1. The minimum absolute atomic E-state index is 0.00157. The zero-order chi connectivity index (χ0) is 16.7. The first kappa shape index (κ1) is 16.8. The molecule has 0 radical (unpaired) electrons. The van der Waals surface area contributed by atoms with E-state index in [1.807, 2.05) is 37.3 Å². The largest absolute Gasteiger partial charge is 0.300 e. The second-order valence-electron chi connectivity index (χ2n) is 5.37. The van der Waals surface area contributed by atoms with Gasteiger partial charge in [-0.15, -0.1) is 0 Å². The van der Waals surface area contributed by atoms with Gasteiger partial charge in [0.15, 0.2) is 5.78 Å². The standard InChI is InChI=1S/C18H20N2O3/c1-2-7-17(21)18(19-13-14-8-4-3-5-9-14)15-10-6-11-16(12-15)20(22)23/h3-6,8-12,18-19H,2,7,13H2,1H3. The lowest BCUT2D eigenvalue weighted by Crippen LogP contribution is -2.28. The Morgan fingerprint density at radius 2 is 1.91 bits per heavy atom. The minimum atomic E-state index is -0.532. The molecule has 2 rings (SSSR count). The summed E-state index contributed by atoms with van der Waals surface area (Å²) in [5.74, 6) is 0.0453. The van der Waals surface area contributed by atoms with E-state index in [1.54, 1.807) is 12.1 Å². The Morgan fingerprint density at radius 3 is 2.57 bits per heavy atom. The molecule has 1 N–H and O–H groups in total. The van der Waals surface area contributed by atoms with Crippen LogP contribution in [0.15, 0.2) is 54.6 Å². The van der Waals surface area contributed by atoms with Crippen molar-refractivity contribution in [1.29, 1.82) is 0 Å². The first-order valence-electron chi connectivity index (χ1n) is 7.66. The van der Waals surface area contributed by atoms with E-state index in [4.69, 9.17) is 0 Å². The van der Waals surface area contributed by atoms with Crippen LogP contribution in [0.5, 0.6) is 0 Å². The van der Waals surface area contributed by atoms with Crippen LogP contribution in [0, 0.1) is 10.1 Å². The highest BCUT2D eigenvalue weighted by Gasteiger charge is 2.21. The van der Waals surface area contributed by atoms with Crippen molar-refractivity contribution in [3.63, 3.8) is 0 Å². The van der Waals surface area contributed by atoms with Gasteiger partial charge in [-0.1, -0.05) is 49.4 Å². The van der Waals surface area contributed by atoms with Gasteiger partial charge in [-0.3, -0.25) is 20.2 Å². The zero-order valence-electron chi connectivity index (χ0n) is 13.1. The molecule has 0 fully saturated rings. The van der Waals surface area contributed by atoms with E-state index >= 15 is 0 Å². The summed E-state index contributed by atoms with van der Waals surface area (Å²) in [6.45, 7) is 2.48. The van der Waals surface area contributed by atoms with Crippen LogP contribution in [0.4, 0.5) is 5.69 Å². The Kier molecular flexibility index (Phi) is 6.00. The molecule has 120 valence electrons. The molecule has 0 amide bonds. The third-order valence-electron chi connectivity index (χ3n) is 3.59. The molecule has 0 aromatic heterocycles. The number of Topliss-reactive ketones (excluding diaryl/α,β-unsaturated/α-hetero) is 1. The third kappa shape index (κ3) is 4.72. The average Bonchev–Trinajstić information content (AvgIpc) is 2.56. The van der Waals surface area contributed by atoms with E-state index in [9.17, 15) is 14.9 Å². The van der Waals surface area contributed by atoms with Crippen LogP contribution in [0.25, 0.3) is 0 Å². The molecule has 1 unspecified atom stereocenters. The number of hydrogen-bond acceptors (Lipinski definition) is 4. The van der Waals surface area contributed by atoms with Crippen LogP contribution in [0.2, 0.25) is 0 Å². The van der Waals surface area contributed by atoms with Gasteiger partial charge in [-0.2, -0.15) is 0 Å². The van der Waals surface area contributed by atoms with Gasteiger partial charge in [-0.25, -0.2) is 0 Å². The van der Waals surface area contributed by atoms with E-state index in [0.29, 0.717) is 18.5 Å². The number of carbonyl (C=O) groups is 1. The van der Waals surface area contributed by atoms with Crippen LogP contribution in [0.3, 0.4) is 0 Å². The molecule has 2 aromatic carbocycles. The Balaban J connectivity index is 2.21. The van der Waals surface area contributed by atoms with E-state index in [0.717, 1.165) is 12.0 Å². The maximum Gasteiger partial charge on any atom is 0.269 e. The Bertz CT molecular complexity index is 671. The molecule has 0 spiro atoms. The summed E-state index contributed by atoms with van der Waals surface area (Å²) in [6, 6.07) is 15.5. The number of benzene rings is 2. The number of ketones is 1. The summed E-state index contributed by atoms with van der Waals surface area (Å²) in [6.07, 6.45) is 1.19. The lowest BCUT2D eigenvalue weighted by Gasteiger charge is -2.18. The van der Waals surface area contributed by atoms with Crippen molar-refractivity contribution < 1.29 is 9.72 Å². The van der Waals surface area contributed by atoms with Crippen molar-refractivity contribution in [3.8, 4) is 0 Å². The van der Waals surface area contributed by atoms with Crippen molar-refractivity contribution in [1.82, 2.24) is 5.32 Å². The fourth-order valence-corrected chi connectivity index (χ4v) is 2.44. The first-order chi connectivity index (χ1) is 11.1. The lowest BCUT2D eigenvalue weighted by molar-refractivity contribution is -0.384. The molecule has 0 saturated carbocycles. The van der Waals surface area contributed by atoms with Crippen LogP contribution in [-0.4, -0.2) is 10.7 Å². The molecule has 5 nitrogen and oxygen atoms in total. The van der Waals surface area contributed by atoms with Crippen LogP contribution in [-0.2, 0) is 11.3 Å². The summed E-state index contributed by atoms with van der Waals surface area (Å²) < 4.78 is 0. The summed E-state index contributed by atoms with van der Waals surface area (Å²) in [7, 11) is 0.